The van der Waals surface area contributed by atoms with Gasteiger partial charge in [0.05, 0.1) is 0 Å². The van der Waals surface area contributed by atoms with Crippen LogP contribution < -0.4 is 16.4 Å². The first-order chi connectivity index (χ1) is 9.60. The molecule has 6 nitrogen and oxygen atoms in total. The predicted octanol–water partition coefficient (Wildman–Crippen LogP) is -0.103. The van der Waals surface area contributed by atoms with Gasteiger partial charge in [0.25, 0.3) is 5.91 Å². The fraction of sp³-hybridized carbons (Fsp3) is 0.571. The van der Waals surface area contributed by atoms with E-state index in [4.69, 9.17) is 11.5 Å². The number of carbonyl (C=O) groups excluding carboxylic acids is 1. The van der Waals surface area contributed by atoms with Gasteiger partial charge in [-0.15, -0.1) is 0 Å². The second kappa shape index (κ2) is 6.67. The van der Waals surface area contributed by atoms with Crippen LogP contribution in [-0.2, 0) is 0 Å². The van der Waals surface area contributed by atoms with Gasteiger partial charge in [-0.2, -0.15) is 0 Å². The van der Waals surface area contributed by atoms with E-state index < -0.39 is 5.91 Å². The van der Waals surface area contributed by atoms with Crippen LogP contribution in [-0.4, -0.2) is 55.1 Å². The maximum atomic E-state index is 11.2. The number of nitrogens with two attached hydrogens (primary N) is 2. The highest BCUT2D eigenvalue weighted by atomic mass is 16.1. The van der Waals surface area contributed by atoms with E-state index in [9.17, 15) is 4.79 Å². The van der Waals surface area contributed by atoms with Crippen molar-refractivity contribution in [2.75, 3.05) is 44.2 Å². The minimum atomic E-state index is -0.484. The van der Waals surface area contributed by atoms with Gasteiger partial charge < -0.3 is 16.4 Å². The fourth-order valence-electron chi connectivity index (χ4n) is 2.45. The first-order valence-corrected chi connectivity index (χ1v) is 7.03. The molecule has 1 amide bonds. The summed E-state index contributed by atoms with van der Waals surface area (Å²) in [6.45, 7) is 7.87. The number of nitrogens with zero attached hydrogens (tertiary/aromatic N) is 3. The van der Waals surface area contributed by atoms with Crippen LogP contribution in [0.1, 0.15) is 17.4 Å². The number of aromatic nitrogens is 1. The number of amides is 1. The van der Waals surface area contributed by atoms with Gasteiger partial charge in [0.1, 0.15) is 5.69 Å². The number of hydrogen-bond donors (Lipinski definition) is 2. The number of piperazine rings is 1. The number of rotatable bonds is 5. The molecular weight excluding hydrogens is 254 g/mol. The van der Waals surface area contributed by atoms with E-state index in [1.54, 1.807) is 12.3 Å². The Balaban J connectivity index is 1.93. The standard InChI is InChI=1S/C14H23N5O/c1-11(9-15)10-18-4-6-19(7-5-18)12-2-3-17-13(8-12)14(16)20/h2-3,8,11H,4-7,9-10,15H2,1H3,(H2,16,20). The topological polar surface area (TPSA) is 88.5 Å². The average Bonchev–Trinajstić information content (AvgIpc) is 2.48. The Bertz CT molecular complexity index is 457. The van der Waals surface area contributed by atoms with Crippen LogP contribution in [0.5, 0.6) is 0 Å². The van der Waals surface area contributed by atoms with E-state index in [0.717, 1.165) is 45.0 Å². The third-order valence-electron chi connectivity index (χ3n) is 3.71. The molecule has 0 spiro atoms. The van der Waals surface area contributed by atoms with Crippen molar-refractivity contribution in [3.63, 3.8) is 0 Å². The van der Waals surface area contributed by atoms with E-state index in [2.05, 4.69) is 21.7 Å². The summed E-state index contributed by atoms with van der Waals surface area (Å²) >= 11 is 0. The van der Waals surface area contributed by atoms with Crippen LogP contribution in [0.15, 0.2) is 18.3 Å². The first kappa shape index (κ1) is 14.7. The average molecular weight is 277 g/mol. The molecule has 0 aliphatic carbocycles. The predicted molar refractivity (Wildman–Crippen MR) is 79.6 cm³/mol. The summed E-state index contributed by atoms with van der Waals surface area (Å²) in [7, 11) is 0. The number of anilines is 1. The molecule has 1 aliphatic rings. The molecule has 2 heterocycles. The minimum Gasteiger partial charge on any atom is -0.369 e. The van der Waals surface area contributed by atoms with E-state index in [1.165, 1.54) is 0 Å². The van der Waals surface area contributed by atoms with Gasteiger partial charge >= 0.3 is 0 Å². The Morgan fingerprint density at radius 3 is 2.70 bits per heavy atom. The molecule has 1 aromatic heterocycles. The molecule has 1 saturated heterocycles. The third-order valence-corrected chi connectivity index (χ3v) is 3.71. The third kappa shape index (κ3) is 3.68. The minimum absolute atomic E-state index is 0.321. The van der Waals surface area contributed by atoms with Crippen molar-refractivity contribution in [1.82, 2.24) is 9.88 Å². The SMILES string of the molecule is CC(CN)CN1CCN(c2ccnc(C(N)=O)c2)CC1. The van der Waals surface area contributed by atoms with Crippen LogP contribution in [0.2, 0.25) is 0 Å². The van der Waals surface area contributed by atoms with Crippen LogP contribution >= 0.6 is 0 Å². The summed E-state index contributed by atoms with van der Waals surface area (Å²) in [5, 5.41) is 0. The summed E-state index contributed by atoms with van der Waals surface area (Å²) < 4.78 is 0. The molecule has 110 valence electrons. The summed E-state index contributed by atoms with van der Waals surface area (Å²) in [5.74, 6) is 0.0474. The molecule has 1 fully saturated rings. The van der Waals surface area contributed by atoms with Crippen molar-refractivity contribution in [3.8, 4) is 0 Å². The van der Waals surface area contributed by atoms with E-state index >= 15 is 0 Å². The Morgan fingerprint density at radius 2 is 2.10 bits per heavy atom. The zero-order valence-electron chi connectivity index (χ0n) is 12.0. The number of pyridine rings is 1. The largest absolute Gasteiger partial charge is 0.369 e. The lowest BCUT2D eigenvalue weighted by atomic mass is 10.1. The molecule has 0 radical (unpaired) electrons. The molecule has 1 aliphatic heterocycles. The number of carbonyl (C=O) groups is 1. The van der Waals surface area contributed by atoms with E-state index in [1.807, 2.05) is 6.07 Å². The number of primary amides is 1. The maximum Gasteiger partial charge on any atom is 0.267 e. The van der Waals surface area contributed by atoms with E-state index in [0.29, 0.717) is 11.6 Å². The molecular formula is C14H23N5O. The molecule has 6 heteroatoms. The first-order valence-electron chi connectivity index (χ1n) is 7.03. The summed E-state index contributed by atoms with van der Waals surface area (Å²) in [6, 6.07) is 3.69. The van der Waals surface area contributed by atoms with Crippen molar-refractivity contribution >= 4 is 11.6 Å². The molecule has 1 atom stereocenters. The zero-order chi connectivity index (χ0) is 14.5. The fourth-order valence-corrected chi connectivity index (χ4v) is 2.45. The van der Waals surface area contributed by atoms with Gasteiger partial charge in [0.15, 0.2) is 0 Å². The van der Waals surface area contributed by atoms with Crippen molar-refractivity contribution in [2.24, 2.45) is 17.4 Å². The summed E-state index contributed by atoms with van der Waals surface area (Å²) in [4.78, 5) is 19.8. The van der Waals surface area contributed by atoms with Gasteiger partial charge in [0, 0.05) is 44.6 Å². The Morgan fingerprint density at radius 1 is 1.40 bits per heavy atom. The highest BCUT2D eigenvalue weighted by Crippen LogP contribution is 2.17. The van der Waals surface area contributed by atoms with Gasteiger partial charge in [-0.1, -0.05) is 6.92 Å². The van der Waals surface area contributed by atoms with Gasteiger partial charge in [-0.05, 0) is 24.6 Å². The maximum absolute atomic E-state index is 11.2. The van der Waals surface area contributed by atoms with Crippen molar-refractivity contribution < 1.29 is 4.79 Å². The molecule has 2 rings (SSSR count). The smallest absolute Gasteiger partial charge is 0.267 e. The normalized spacial score (nSPS) is 18.0. The summed E-state index contributed by atoms with van der Waals surface area (Å²) in [5.41, 5.74) is 12.3. The molecule has 1 aromatic rings. The van der Waals surface area contributed by atoms with Gasteiger partial charge in [-0.25, -0.2) is 0 Å². The van der Waals surface area contributed by atoms with Crippen molar-refractivity contribution in [2.45, 2.75) is 6.92 Å². The Labute approximate surface area is 119 Å². The zero-order valence-corrected chi connectivity index (χ0v) is 12.0. The van der Waals surface area contributed by atoms with Crippen LogP contribution in [0.4, 0.5) is 5.69 Å². The molecule has 0 bridgehead atoms. The molecule has 20 heavy (non-hydrogen) atoms. The van der Waals surface area contributed by atoms with Crippen LogP contribution in [0, 0.1) is 5.92 Å². The molecule has 4 N–H and O–H groups in total. The highest BCUT2D eigenvalue weighted by molar-refractivity contribution is 5.91. The second-order valence-electron chi connectivity index (χ2n) is 5.39. The second-order valence-corrected chi connectivity index (χ2v) is 5.39. The lowest BCUT2D eigenvalue weighted by Crippen LogP contribution is -2.48. The molecule has 0 saturated carbocycles. The Kier molecular flexibility index (Phi) is 4.92. The highest BCUT2D eigenvalue weighted by Gasteiger charge is 2.19. The van der Waals surface area contributed by atoms with Gasteiger partial charge in [0.2, 0.25) is 0 Å². The van der Waals surface area contributed by atoms with E-state index in [-0.39, 0.29) is 0 Å². The lowest BCUT2D eigenvalue weighted by Gasteiger charge is -2.37. The quantitative estimate of drug-likeness (QED) is 0.784. The monoisotopic (exact) mass is 277 g/mol. The van der Waals surface area contributed by atoms with Crippen molar-refractivity contribution in [3.05, 3.63) is 24.0 Å². The number of hydrogen-bond acceptors (Lipinski definition) is 5. The van der Waals surface area contributed by atoms with Crippen LogP contribution in [0.3, 0.4) is 0 Å². The summed E-state index contributed by atoms with van der Waals surface area (Å²) in [6.07, 6.45) is 1.64. The van der Waals surface area contributed by atoms with Gasteiger partial charge in [-0.3, -0.25) is 14.7 Å². The molecule has 1 unspecified atom stereocenters. The lowest BCUT2D eigenvalue weighted by molar-refractivity contribution is 0.0995. The molecule has 0 aromatic carbocycles. The van der Waals surface area contributed by atoms with Crippen molar-refractivity contribution in [1.29, 1.82) is 0 Å². The Hall–Kier alpha value is -1.66. The van der Waals surface area contributed by atoms with Crippen LogP contribution in [0.25, 0.3) is 0 Å².